The van der Waals surface area contributed by atoms with E-state index in [1.165, 1.54) is 32.1 Å². The van der Waals surface area contributed by atoms with Crippen molar-refractivity contribution in [3.05, 3.63) is 0 Å². The lowest BCUT2D eigenvalue weighted by Gasteiger charge is -2.53. The fourth-order valence-electron chi connectivity index (χ4n) is 4.18. The minimum Gasteiger partial charge on any atom is -0.242 e. The SMILES string of the molecule is O=S(Cl)C1C2CC3CC(C2)CC1C3. The average Bonchev–Trinajstić information content (AvgIpc) is 2.00. The van der Waals surface area contributed by atoms with E-state index in [0.717, 1.165) is 11.8 Å². The van der Waals surface area contributed by atoms with Gasteiger partial charge in [0.25, 0.3) is 0 Å². The Balaban J connectivity index is 1.89. The minimum absolute atomic E-state index is 0.342. The van der Waals surface area contributed by atoms with Crippen molar-refractivity contribution in [3.63, 3.8) is 0 Å². The van der Waals surface area contributed by atoms with Crippen LogP contribution in [0, 0.1) is 23.7 Å². The molecule has 0 saturated heterocycles. The summed E-state index contributed by atoms with van der Waals surface area (Å²) in [6, 6.07) is 0. The second-order valence-electron chi connectivity index (χ2n) is 5.14. The van der Waals surface area contributed by atoms with Gasteiger partial charge in [0.15, 0.2) is 0 Å². The summed E-state index contributed by atoms with van der Waals surface area (Å²) in [5.74, 6) is 3.32. The monoisotopic (exact) mass is 218 g/mol. The Morgan fingerprint density at radius 3 is 1.77 bits per heavy atom. The largest absolute Gasteiger partial charge is 0.242 e. The van der Waals surface area contributed by atoms with Crippen LogP contribution in [0.3, 0.4) is 0 Å². The summed E-state index contributed by atoms with van der Waals surface area (Å²) in [5.41, 5.74) is 0. The molecule has 4 aliphatic carbocycles. The van der Waals surface area contributed by atoms with Crippen LogP contribution in [-0.2, 0) is 10.0 Å². The lowest BCUT2D eigenvalue weighted by molar-refractivity contribution is 0.0257. The topological polar surface area (TPSA) is 17.1 Å². The Hall–Kier alpha value is 0.440. The van der Waals surface area contributed by atoms with Gasteiger partial charge in [0, 0.05) is 0 Å². The highest BCUT2D eigenvalue weighted by Gasteiger charge is 2.50. The van der Waals surface area contributed by atoms with Gasteiger partial charge in [0.2, 0.25) is 0 Å². The molecule has 13 heavy (non-hydrogen) atoms. The van der Waals surface area contributed by atoms with Crippen molar-refractivity contribution >= 4 is 20.7 Å². The van der Waals surface area contributed by atoms with Gasteiger partial charge in [-0.1, -0.05) is 0 Å². The van der Waals surface area contributed by atoms with Crippen molar-refractivity contribution in [1.29, 1.82) is 0 Å². The molecule has 0 N–H and O–H groups in total. The molecule has 3 heteroatoms. The van der Waals surface area contributed by atoms with Crippen LogP contribution in [0.25, 0.3) is 0 Å². The molecule has 0 heterocycles. The molecule has 0 aromatic heterocycles. The highest BCUT2D eigenvalue weighted by atomic mass is 35.7. The summed E-state index contributed by atoms with van der Waals surface area (Å²) < 4.78 is 11.4. The maximum Gasteiger partial charge on any atom is 0.118 e. The van der Waals surface area contributed by atoms with E-state index in [2.05, 4.69) is 0 Å². The molecular weight excluding hydrogens is 204 g/mol. The molecule has 0 amide bonds. The normalized spacial score (nSPS) is 55.3. The molecule has 4 bridgehead atoms. The van der Waals surface area contributed by atoms with Crippen molar-refractivity contribution in [2.45, 2.75) is 37.4 Å². The van der Waals surface area contributed by atoms with E-state index in [-0.39, 0.29) is 0 Å². The molecule has 1 unspecified atom stereocenters. The molecular formula is C10H15ClOS. The smallest absolute Gasteiger partial charge is 0.118 e. The second-order valence-corrected chi connectivity index (χ2v) is 7.10. The molecule has 4 aliphatic rings. The standard InChI is InChI=1S/C10H15ClOS/c11-13(12)10-8-2-6-1-7(4-8)5-9(10)3-6/h6-10H,1-5H2. The van der Waals surface area contributed by atoms with Gasteiger partial charge in [0.1, 0.15) is 10.0 Å². The fraction of sp³-hybridized carbons (Fsp3) is 1.00. The van der Waals surface area contributed by atoms with Crippen LogP contribution >= 0.6 is 10.7 Å². The van der Waals surface area contributed by atoms with Crippen LogP contribution in [0.4, 0.5) is 0 Å². The minimum atomic E-state index is -1.08. The van der Waals surface area contributed by atoms with Crippen LogP contribution in [0.2, 0.25) is 0 Å². The van der Waals surface area contributed by atoms with Crippen molar-refractivity contribution in [2.75, 3.05) is 0 Å². The third-order valence-corrected chi connectivity index (χ3v) is 6.17. The van der Waals surface area contributed by atoms with Crippen LogP contribution in [0.5, 0.6) is 0 Å². The molecule has 4 rings (SSSR count). The first-order valence-electron chi connectivity index (χ1n) is 5.31. The third-order valence-electron chi connectivity index (χ3n) is 4.35. The quantitative estimate of drug-likeness (QED) is 0.619. The van der Waals surface area contributed by atoms with Crippen LogP contribution < -0.4 is 0 Å². The third kappa shape index (κ3) is 1.29. The molecule has 1 nitrogen and oxygen atoms in total. The van der Waals surface area contributed by atoms with Crippen molar-refractivity contribution in [1.82, 2.24) is 0 Å². The molecule has 1 atom stereocenters. The predicted octanol–water partition coefficient (Wildman–Crippen LogP) is 2.71. The average molecular weight is 219 g/mol. The van der Waals surface area contributed by atoms with Crippen LogP contribution in [-0.4, -0.2) is 9.46 Å². The van der Waals surface area contributed by atoms with Gasteiger partial charge >= 0.3 is 0 Å². The molecule has 4 saturated carbocycles. The van der Waals surface area contributed by atoms with Gasteiger partial charge in [-0.25, -0.2) is 4.21 Å². The zero-order valence-electron chi connectivity index (χ0n) is 7.62. The second kappa shape index (κ2) is 2.96. The number of hydrogen-bond acceptors (Lipinski definition) is 1. The van der Waals surface area contributed by atoms with E-state index < -0.39 is 10.0 Å². The molecule has 0 aromatic carbocycles. The molecule has 4 fully saturated rings. The zero-order chi connectivity index (χ0) is 9.00. The summed E-state index contributed by atoms with van der Waals surface area (Å²) >= 11 is 0. The van der Waals surface area contributed by atoms with E-state index in [0.29, 0.717) is 17.1 Å². The Labute approximate surface area is 86.2 Å². The Morgan fingerprint density at radius 2 is 1.38 bits per heavy atom. The van der Waals surface area contributed by atoms with Crippen molar-refractivity contribution in [3.8, 4) is 0 Å². The summed E-state index contributed by atoms with van der Waals surface area (Å²) in [7, 11) is 4.71. The summed E-state index contributed by atoms with van der Waals surface area (Å²) in [6.07, 6.45) is 6.72. The van der Waals surface area contributed by atoms with E-state index in [9.17, 15) is 4.21 Å². The van der Waals surface area contributed by atoms with E-state index in [4.69, 9.17) is 10.7 Å². The highest BCUT2D eigenvalue weighted by Crippen LogP contribution is 2.55. The van der Waals surface area contributed by atoms with Crippen LogP contribution in [0.15, 0.2) is 0 Å². The van der Waals surface area contributed by atoms with Gasteiger partial charge in [-0.2, -0.15) is 0 Å². The molecule has 74 valence electrons. The van der Waals surface area contributed by atoms with E-state index in [1.54, 1.807) is 0 Å². The van der Waals surface area contributed by atoms with Gasteiger partial charge in [-0.05, 0) is 66.5 Å². The summed E-state index contributed by atoms with van der Waals surface area (Å²) in [6.45, 7) is 0. The van der Waals surface area contributed by atoms with E-state index >= 15 is 0 Å². The maximum absolute atomic E-state index is 11.4. The van der Waals surface area contributed by atoms with Gasteiger partial charge in [0.05, 0.1) is 5.25 Å². The maximum atomic E-state index is 11.4. The fourth-order valence-corrected chi connectivity index (χ4v) is 6.10. The Bertz CT molecular complexity index is 225. The van der Waals surface area contributed by atoms with E-state index in [1.807, 2.05) is 0 Å². The van der Waals surface area contributed by atoms with Gasteiger partial charge in [-0.15, -0.1) is 0 Å². The molecule has 0 spiro atoms. The highest BCUT2D eigenvalue weighted by molar-refractivity contribution is 8.08. The zero-order valence-corrected chi connectivity index (χ0v) is 9.19. The molecule has 0 aliphatic heterocycles. The Kier molecular flexibility index (Phi) is 1.99. The number of hydrogen-bond donors (Lipinski definition) is 0. The first kappa shape index (κ1) is 8.72. The van der Waals surface area contributed by atoms with Gasteiger partial charge < -0.3 is 0 Å². The predicted molar refractivity (Wildman–Crippen MR) is 54.8 cm³/mol. The van der Waals surface area contributed by atoms with Gasteiger partial charge in [-0.3, -0.25) is 0 Å². The first-order valence-corrected chi connectivity index (χ1v) is 7.34. The number of rotatable bonds is 1. The van der Waals surface area contributed by atoms with Crippen molar-refractivity contribution in [2.24, 2.45) is 23.7 Å². The van der Waals surface area contributed by atoms with Crippen LogP contribution in [0.1, 0.15) is 32.1 Å². The first-order chi connectivity index (χ1) is 6.24. The lowest BCUT2D eigenvalue weighted by Crippen LogP contribution is -2.49. The number of halogens is 1. The Morgan fingerprint density at radius 1 is 0.923 bits per heavy atom. The molecule has 0 aromatic rings. The van der Waals surface area contributed by atoms with Crippen molar-refractivity contribution < 1.29 is 4.21 Å². The summed E-state index contributed by atoms with van der Waals surface area (Å²) in [4.78, 5) is 0. The lowest BCUT2D eigenvalue weighted by atomic mass is 9.56. The molecule has 0 radical (unpaired) electrons. The summed E-state index contributed by atoms with van der Waals surface area (Å²) in [5, 5.41) is 0.342.